The number of amides is 2. The number of pyridine rings is 1. The average molecular weight is 355 g/mol. The molecule has 3 rings (SSSR count). The lowest BCUT2D eigenvalue weighted by atomic mass is 10.0. The number of hydrogen-bond donors (Lipinski definition) is 0. The van der Waals surface area contributed by atoms with Crippen molar-refractivity contribution < 1.29 is 14.3 Å². The number of nitrogens with zero attached hydrogens (tertiary/aromatic N) is 5. The van der Waals surface area contributed by atoms with Gasteiger partial charge in [0.15, 0.2) is 5.60 Å². The molecule has 1 saturated heterocycles. The standard InChI is InChI=1S/C18H21N5O3/c1-18(17(25)22(2)3)11-23(6-7-26-18)16(24)13-4-5-15(21-10-13)14-8-19-12-20-9-14/h4-5,8-10,12H,6-7,11H2,1-3H3/t18-/m1/s1. The summed E-state index contributed by atoms with van der Waals surface area (Å²) < 4.78 is 5.67. The van der Waals surface area contributed by atoms with Crippen molar-refractivity contribution in [3.05, 3.63) is 42.6 Å². The van der Waals surface area contributed by atoms with Crippen molar-refractivity contribution in [2.24, 2.45) is 0 Å². The van der Waals surface area contributed by atoms with Crippen molar-refractivity contribution in [1.29, 1.82) is 0 Å². The Labute approximate surface area is 151 Å². The molecular formula is C18H21N5O3. The van der Waals surface area contributed by atoms with Crippen LogP contribution in [0.3, 0.4) is 0 Å². The summed E-state index contributed by atoms with van der Waals surface area (Å²) in [4.78, 5) is 40.5. The number of ether oxygens (including phenoxy) is 1. The van der Waals surface area contributed by atoms with Crippen LogP contribution in [0.1, 0.15) is 17.3 Å². The van der Waals surface area contributed by atoms with E-state index in [0.717, 1.165) is 5.56 Å². The van der Waals surface area contributed by atoms with Gasteiger partial charge in [-0.15, -0.1) is 0 Å². The van der Waals surface area contributed by atoms with Crippen molar-refractivity contribution >= 4 is 11.8 Å². The van der Waals surface area contributed by atoms with Gasteiger partial charge in [-0.05, 0) is 19.1 Å². The molecule has 3 heterocycles. The zero-order valence-electron chi connectivity index (χ0n) is 15.0. The molecule has 0 bridgehead atoms. The summed E-state index contributed by atoms with van der Waals surface area (Å²) in [5.74, 6) is -0.331. The fourth-order valence-corrected chi connectivity index (χ4v) is 2.95. The van der Waals surface area contributed by atoms with Gasteiger partial charge in [-0.1, -0.05) is 0 Å². The van der Waals surface area contributed by atoms with E-state index < -0.39 is 5.60 Å². The summed E-state index contributed by atoms with van der Waals surface area (Å²) in [5.41, 5.74) is 0.900. The molecule has 136 valence electrons. The van der Waals surface area contributed by atoms with Gasteiger partial charge in [-0.2, -0.15) is 0 Å². The average Bonchev–Trinajstić information content (AvgIpc) is 2.67. The van der Waals surface area contributed by atoms with Crippen LogP contribution in [0.25, 0.3) is 11.3 Å². The zero-order valence-corrected chi connectivity index (χ0v) is 15.0. The second-order valence-corrected chi connectivity index (χ2v) is 6.56. The third kappa shape index (κ3) is 3.55. The molecule has 1 atom stereocenters. The van der Waals surface area contributed by atoms with Crippen LogP contribution in [0.15, 0.2) is 37.1 Å². The van der Waals surface area contributed by atoms with Crippen molar-refractivity contribution in [3.8, 4) is 11.3 Å². The first-order chi connectivity index (χ1) is 12.4. The van der Waals surface area contributed by atoms with E-state index in [4.69, 9.17) is 4.74 Å². The Balaban J connectivity index is 1.76. The zero-order chi connectivity index (χ0) is 18.7. The minimum absolute atomic E-state index is 0.160. The molecule has 8 nitrogen and oxygen atoms in total. The third-order valence-corrected chi connectivity index (χ3v) is 4.29. The van der Waals surface area contributed by atoms with Crippen molar-refractivity contribution in [2.75, 3.05) is 33.8 Å². The highest BCUT2D eigenvalue weighted by Gasteiger charge is 2.41. The highest BCUT2D eigenvalue weighted by Crippen LogP contribution is 2.22. The topological polar surface area (TPSA) is 88.5 Å². The quantitative estimate of drug-likeness (QED) is 0.811. The van der Waals surface area contributed by atoms with Crippen LogP contribution in [-0.2, 0) is 9.53 Å². The molecule has 2 aromatic rings. The lowest BCUT2D eigenvalue weighted by Crippen LogP contribution is -2.59. The van der Waals surface area contributed by atoms with E-state index in [1.807, 2.05) is 0 Å². The van der Waals surface area contributed by atoms with Crippen LogP contribution in [-0.4, -0.2) is 76.0 Å². The Morgan fingerprint density at radius 3 is 2.54 bits per heavy atom. The highest BCUT2D eigenvalue weighted by molar-refractivity contribution is 5.95. The summed E-state index contributed by atoms with van der Waals surface area (Å²) in [7, 11) is 3.35. The Kier molecular flexibility index (Phi) is 4.94. The fourth-order valence-electron chi connectivity index (χ4n) is 2.95. The maximum Gasteiger partial charge on any atom is 0.255 e. The van der Waals surface area contributed by atoms with Gasteiger partial charge in [0, 0.05) is 44.8 Å². The molecule has 0 spiro atoms. The lowest BCUT2D eigenvalue weighted by Gasteiger charge is -2.40. The second-order valence-electron chi connectivity index (χ2n) is 6.56. The Morgan fingerprint density at radius 2 is 1.92 bits per heavy atom. The number of morpholine rings is 1. The summed E-state index contributed by atoms with van der Waals surface area (Å²) in [6.07, 6.45) is 6.31. The van der Waals surface area contributed by atoms with Gasteiger partial charge in [-0.3, -0.25) is 14.6 Å². The minimum Gasteiger partial charge on any atom is -0.362 e. The van der Waals surface area contributed by atoms with E-state index in [9.17, 15) is 9.59 Å². The van der Waals surface area contributed by atoms with E-state index in [1.165, 1.54) is 17.4 Å². The Morgan fingerprint density at radius 1 is 1.19 bits per heavy atom. The normalized spacial score (nSPS) is 19.9. The van der Waals surface area contributed by atoms with Gasteiger partial charge in [-0.25, -0.2) is 9.97 Å². The molecule has 1 fully saturated rings. The summed E-state index contributed by atoms with van der Waals surface area (Å²) in [5, 5.41) is 0. The lowest BCUT2D eigenvalue weighted by molar-refractivity contribution is -0.162. The highest BCUT2D eigenvalue weighted by atomic mass is 16.5. The van der Waals surface area contributed by atoms with Crippen molar-refractivity contribution in [3.63, 3.8) is 0 Å². The van der Waals surface area contributed by atoms with E-state index in [2.05, 4.69) is 15.0 Å². The van der Waals surface area contributed by atoms with E-state index in [0.29, 0.717) is 24.4 Å². The summed E-state index contributed by atoms with van der Waals surface area (Å²) in [6, 6.07) is 3.48. The molecule has 0 N–H and O–H groups in total. The van der Waals surface area contributed by atoms with Crippen molar-refractivity contribution in [2.45, 2.75) is 12.5 Å². The number of hydrogen-bond acceptors (Lipinski definition) is 6. The van der Waals surface area contributed by atoms with Crippen LogP contribution in [0.4, 0.5) is 0 Å². The van der Waals surface area contributed by atoms with Gasteiger partial charge in [0.1, 0.15) is 6.33 Å². The predicted octanol–water partition coefficient (Wildman–Crippen LogP) is 0.858. The molecule has 8 heteroatoms. The van der Waals surface area contributed by atoms with Gasteiger partial charge in [0.25, 0.3) is 11.8 Å². The van der Waals surface area contributed by atoms with E-state index >= 15 is 0 Å². The molecule has 0 saturated carbocycles. The first kappa shape index (κ1) is 17.9. The third-order valence-electron chi connectivity index (χ3n) is 4.29. The molecule has 2 amide bonds. The molecule has 0 aliphatic carbocycles. The molecule has 1 aliphatic rings. The maximum atomic E-state index is 12.8. The second kappa shape index (κ2) is 7.17. The monoisotopic (exact) mass is 355 g/mol. The summed E-state index contributed by atoms with van der Waals surface area (Å²) >= 11 is 0. The Hall–Kier alpha value is -2.87. The largest absolute Gasteiger partial charge is 0.362 e. The first-order valence-electron chi connectivity index (χ1n) is 8.27. The van der Waals surface area contributed by atoms with E-state index in [1.54, 1.807) is 50.4 Å². The van der Waals surface area contributed by atoms with Gasteiger partial charge in [0.2, 0.25) is 0 Å². The minimum atomic E-state index is -1.04. The predicted molar refractivity (Wildman–Crippen MR) is 94.2 cm³/mol. The smallest absolute Gasteiger partial charge is 0.255 e. The summed E-state index contributed by atoms with van der Waals surface area (Å²) in [6.45, 7) is 2.67. The molecule has 0 unspecified atom stereocenters. The fraction of sp³-hybridized carbons (Fsp3) is 0.389. The first-order valence-corrected chi connectivity index (χ1v) is 8.27. The number of carbonyl (C=O) groups excluding carboxylic acids is 2. The number of rotatable bonds is 3. The van der Waals surface area contributed by atoms with Crippen molar-refractivity contribution in [1.82, 2.24) is 24.8 Å². The van der Waals surface area contributed by atoms with Crippen LogP contribution < -0.4 is 0 Å². The molecular weight excluding hydrogens is 334 g/mol. The number of carbonyl (C=O) groups is 2. The van der Waals surface area contributed by atoms with Crippen LogP contribution >= 0.6 is 0 Å². The molecule has 2 aromatic heterocycles. The van der Waals surface area contributed by atoms with Crippen LogP contribution in [0.5, 0.6) is 0 Å². The van der Waals surface area contributed by atoms with Crippen LogP contribution in [0.2, 0.25) is 0 Å². The maximum absolute atomic E-state index is 12.8. The molecule has 1 aliphatic heterocycles. The number of likely N-dealkylation sites (N-methyl/N-ethyl adjacent to an activating group) is 1. The van der Waals surface area contributed by atoms with E-state index in [-0.39, 0.29) is 18.4 Å². The van der Waals surface area contributed by atoms with Gasteiger partial charge in [0.05, 0.1) is 24.4 Å². The molecule has 0 aromatic carbocycles. The van der Waals surface area contributed by atoms with Gasteiger partial charge >= 0.3 is 0 Å². The Bertz CT molecular complexity index is 794. The molecule has 0 radical (unpaired) electrons. The molecule has 26 heavy (non-hydrogen) atoms. The number of aromatic nitrogens is 3. The van der Waals surface area contributed by atoms with Gasteiger partial charge < -0.3 is 14.5 Å². The SMILES string of the molecule is CN(C)C(=O)[C@@]1(C)CN(C(=O)c2ccc(-c3cncnc3)nc2)CCO1. The van der Waals surface area contributed by atoms with Crippen LogP contribution in [0, 0.1) is 0 Å².